The van der Waals surface area contributed by atoms with Crippen LogP contribution in [0.15, 0.2) is 23.8 Å². The van der Waals surface area contributed by atoms with Crippen LogP contribution in [0.1, 0.15) is 67.2 Å². The quantitative estimate of drug-likeness (QED) is 0.463. The van der Waals surface area contributed by atoms with Crippen molar-refractivity contribution < 1.29 is 19.4 Å². The van der Waals surface area contributed by atoms with Gasteiger partial charge < -0.3 is 14.6 Å². The lowest BCUT2D eigenvalue weighted by Crippen LogP contribution is -2.43. The average Bonchev–Trinajstić information content (AvgIpc) is 3.05. The lowest BCUT2D eigenvalue weighted by atomic mass is 9.70. The molecule has 2 aliphatic carbocycles. The Kier molecular flexibility index (Phi) is 4.90. The van der Waals surface area contributed by atoms with Gasteiger partial charge in [-0.3, -0.25) is 4.79 Å². The van der Waals surface area contributed by atoms with E-state index in [2.05, 4.69) is 26.8 Å². The maximum Gasteiger partial charge on any atom is 0.303 e. The second-order valence-electron chi connectivity index (χ2n) is 9.60. The summed E-state index contributed by atoms with van der Waals surface area (Å²) < 4.78 is 11.8. The fourth-order valence-corrected chi connectivity index (χ4v) is 5.30. The molecule has 26 heavy (non-hydrogen) atoms. The van der Waals surface area contributed by atoms with Gasteiger partial charge in [-0.1, -0.05) is 30.7 Å². The summed E-state index contributed by atoms with van der Waals surface area (Å²) in [6, 6.07) is 0. The lowest BCUT2D eigenvalue weighted by molar-refractivity contribution is -0.157. The van der Waals surface area contributed by atoms with Crippen LogP contribution in [-0.2, 0) is 14.3 Å². The zero-order valence-corrected chi connectivity index (χ0v) is 17.0. The Morgan fingerprint density at radius 3 is 2.54 bits per heavy atom. The van der Waals surface area contributed by atoms with Gasteiger partial charge in [-0.2, -0.15) is 0 Å². The van der Waals surface area contributed by atoms with E-state index in [4.69, 9.17) is 9.47 Å². The van der Waals surface area contributed by atoms with Crippen LogP contribution < -0.4 is 0 Å². The van der Waals surface area contributed by atoms with Crippen molar-refractivity contribution in [2.75, 3.05) is 0 Å². The Labute approximate surface area is 157 Å². The summed E-state index contributed by atoms with van der Waals surface area (Å²) in [6.07, 6.45) is 10.1. The molecular weight excluding hydrogens is 328 g/mol. The molecule has 2 saturated carbocycles. The van der Waals surface area contributed by atoms with E-state index < -0.39 is 5.60 Å². The molecular formula is C22H34O4. The Bertz CT molecular complexity index is 629. The van der Waals surface area contributed by atoms with Crippen LogP contribution in [0.3, 0.4) is 0 Å². The topological polar surface area (TPSA) is 59.1 Å². The van der Waals surface area contributed by atoms with Crippen LogP contribution in [0.4, 0.5) is 0 Å². The number of aliphatic hydroxyl groups is 1. The molecule has 0 spiro atoms. The zero-order chi connectivity index (χ0) is 19.3. The molecule has 1 N–H and O–H groups in total. The van der Waals surface area contributed by atoms with Gasteiger partial charge in [0.2, 0.25) is 0 Å². The molecule has 0 unspecified atom stereocenters. The highest BCUT2D eigenvalue weighted by Gasteiger charge is 2.67. The summed E-state index contributed by atoms with van der Waals surface area (Å²) in [5.41, 5.74) is 0.389. The van der Waals surface area contributed by atoms with Crippen LogP contribution in [0, 0.1) is 17.3 Å². The third-order valence-electron chi connectivity index (χ3n) is 6.89. The van der Waals surface area contributed by atoms with Crippen molar-refractivity contribution in [2.24, 2.45) is 17.3 Å². The number of hydrogen-bond acceptors (Lipinski definition) is 4. The van der Waals surface area contributed by atoms with Crippen molar-refractivity contribution in [1.29, 1.82) is 0 Å². The zero-order valence-electron chi connectivity index (χ0n) is 17.0. The van der Waals surface area contributed by atoms with Gasteiger partial charge >= 0.3 is 5.97 Å². The number of carbonyl (C=O) groups is 1. The molecule has 1 heterocycles. The largest absolute Gasteiger partial charge is 0.459 e. The summed E-state index contributed by atoms with van der Waals surface area (Å²) in [4.78, 5) is 11.8. The summed E-state index contributed by atoms with van der Waals surface area (Å²) in [6.45, 7) is 11.7. The number of epoxide rings is 1. The molecule has 0 radical (unpaired) electrons. The van der Waals surface area contributed by atoms with Crippen molar-refractivity contribution in [3.05, 3.63) is 23.8 Å². The number of rotatable bonds is 4. The van der Waals surface area contributed by atoms with Crippen molar-refractivity contribution >= 4 is 5.97 Å². The predicted molar refractivity (Wildman–Crippen MR) is 102 cm³/mol. The fourth-order valence-electron chi connectivity index (χ4n) is 5.30. The first-order valence-electron chi connectivity index (χ1n) is 9.90. The number of hydrogen-bond donors (Lipinski definition) is 1. The van der Waals surface area contributed by atoms with Crippen LogP contribution in [0.25, 0.3) is 0 Å². The normalized spacial score (nSPS) is 43.0. The molecule has 0 aromatic heterocycles. The Morgan fingerprint density at radius 1 is 1.23 bits per heavy atom. The van der Waals surface area contributed by atoms with Crippen molar-refractivity contribution in [3.63, 3.8) is 0 Å². The second kappa shape index (κ2) is 6.49. The van der Waals surface area contributed by atoms with Gasteiger partial charge in [-0.05, 0) is 65.2 Å². The summed E-state index contributed by atoms with van der Waals surface area (Å²) in [5.74, 6) is 0.774. The van der Waals surface area contributed by atoms with E-state index in [1.807, 2.05) is 12.2 Å². The van der Waals surface area contributed by atoms with Gasteiger partial charge in [-0.25, -0.2) is 0 Å². The van der Waals surface area contributed by atoms with Crippen LogP contribution in [-0.4, -0.2) is 34.5 Å². The van der Waals surface area contributed by atoms with Crippen molar-refractivity contribution in [1.82, 2.24) is 0 Å². The van der Waals surface area contributed by atoms with Gasteiger partial charge in [0.15, 0.2) is 0 Å². The van der Waals surface area contributed by atoms with Gasteiger partial charge in [0.05, 0.1) is 11.2 Å². The minimum absolute atomic E-state index is 0.0374. The van der Waals surface area contributed by atoms with Crippen LogP contribution in [0.5, 0.6) is 0 Å². The van der Waals surface area contributed by atoms with Gasteiger partial charge in [-0.15, -0.1) is 0 Å². The highest BCUT2D eigenvalue weighted by atomic mass is 16.6. The SMILES string of the molecule is CC(=O)O[C@@H]1[C@@H]2O[C@]2(C)CC[C@H]2[C@H](/C(C)=C/C=C/C(C)(C)O)CC[C@]12C. The first-order chi connectivity index (χ1) is 12.0. The molecule has 1 aliphatic heterocycles. The van der Waals surface area contributed by atoms with E-state index in [1.54, 1.807) is 13.8 Å². The molecule has 0 aromatic rings. The van der Waals surface area contributed by atoms with Crippen LogP contribution >= 0.6 is 0 Å². The monoisotopic (exact) mass is 362 g/mol. The second-order valence-corrected chi connectivity index (χ2v) is 9.60. The summed E-state index contributed by atoms with van der Waals surface area (Å²) in [5, 5.41) is 9.86. The smallest absolute Gasteiger partial charge is 0.303 e. The Hall–Kier alpha value is -1.13. The van der Waals surface area contributed by atoms with Crippen LogP contribution in [0.2, 0.25) is 0 Å². The average molecular weight is 363 g/mol. The van der Waals surface area contributed by atoms with E-state index in [9.17, 15) is 9.90 Å². The molecule has 0 aromatic carbocycles. The van der Waals surface area contributed by atoms with Crippen molar-refractivity contribution in [2.45, 2.75) is 90.6 Å². The minimum atomic E-state index is -0.795. The van der Waals surface area contributed by atoms with Gasteiger partial charge in [0.1, 0.15) is 12.2 Å². The maximum absolute atomic E-state index is 11.8. The maximum atomic E-state index is 11.8. The molecule has 3 rings (SSSR count). The minimum Gasteiger partial charge on any atom is -0.459 e. The van der Waals surface area contributed by atoms with Crippen molar-refractivity contribution in [3.8, 4) is 0 Å². The Balaban J connectivity index is 1.84. The van der Waals surface area contributed by atoms with E-state index in [1.165, 1.54) is 12.5 Å². The predicted octanol–water partition coefficient (Wildman–Crippen LogP) is 4.18. The summed E-state index contributed by atoms with van der Waals surface area (Å²) in [7, 11) is 0. The molecule has 1 saturated heterocycles. The molecule has 3 aliphatic rings. The number of allylic oxidation sites excluding steroid dienone is 3. The highest BCUT2D eigenvalue weighted by Crippen LogP contribution is 2.62. The highest BCUT2D eigenvalue weighted by molar-refractivity contribution is 5.66. The molecule has 3 fully saturated rings. The number of esters is 1. The Morgan fingerprint density at radius 2 is 1.92 bits per heavy atom. The molecule has 0 amide bonds. The summed E-state index contributed by atoms with van der Waals surface area (Å²) >= 11 is 0. The number of carbonyl (C=O) groups excluding carboxylic acids is 1. The van der Waals surface area contributed by atoms with Gasteiger partial charge in [0, 0.05) is 12.3 Å². The third kappa shape index (κ3) is 3.63. The lowest BCUT2D eigenvalue weighted by Gasteiger charge is -2.38. The first kappa shape index (κ1) is 19.6. The number of ether oxygens (including phenoxy) is 2. The molecule has 0 bridgehead atoms. The van der Waals surface area contributed by atoms with E-state index in [-0.39, 0.29) is 29.2 Å². The fraction of sp³-hybridized carbons (Fsp3) is 0.773. The van der Waals surface area contributed by atoms with Gasteiger partial charge in [0.25, 0.3) is 0 Å². The molecule has 6 atom stereocenters. The van der Waals surface area contributed by atoms with E-state index >= 15 is 0 Å². The van der Waals surface area contributed by atoms with E-state index in [0.717, 1.165) is 25.7 Å². The van der Waals surface area contributed by atoms with E-state index in [0.29, 0.717) is 11.8 Å². The number of fused-ring (bicyclic) bond motifs is 2. The third-order valence-corrected chi connectivity index (χ3v) is 6.89. The molecule has 146 valence electrons. The standard InChI is InChI=1S/C22H34O4/c1-14(8-7-11-20(3,4)24)16-9-12-21(5)17(16)10-13-22(6)19(26-22)18(21)25-15(2)23/h7-8,11,16-19,24H,9-10,12-13H2,1-6H3/b11-7+,14-8+/t16-,17-,18+,19-,21-,22+/m0/s1. The molecule has 4 heteroatoms. The molecule has 4 nitrogen and oxygen atoms in total. The first-order valence-corrected chi connectivity index (χ1v) is 9.90.